The normalized spacial score (nSPS) is 11.7. The van der Waals surface area contributed by atoms with Gasteiger partial charge in [0.05, 0.1) is 11.2 Å². The summed E-state index contributed by atoms with van der Waals surface area (Å²) >= 11 is 8.19. The summed E-state index contributed by atoms with van der Waals surface area (Å²) in [5, 5.41) is 6.29. The fourth-order valence-corrected chi connectivity index (χ4v) is 2.84. The average molecular weight is 351 g/mol. The minimum atomic E-state index is 0.742. The van der Waals surface area contributed by atoms with Crippen LogP contribution in [-0.2, 0) is 0 Å². The van der Waals surface area contributed by atoms with Crippen LogP contribution in [-0.4, -0.2) is 9.19 Å². The maximum absolute atomic E-state index is 5.97. The Labute approximate surface area is 109 Å². The van der Waals surface area contributed by atoms with Gasteiger partial charge < -0.3 is 0 Å². The fourth-order valence-electron chi connectivity index (χ4n) is 1.42. The Morgan fingerprint density at radius 2 is 2.33 bits per heavy atom. The lowest BCUT2D eigenvalue weighted by atomic mass is 10.2. The maximum atomic E-state index is 5.97. The Morgan fingerprint density at radius 1 is 1.53 bits per heavy atom. The van der Waals surface area contributed by atoms with Crippen molar-refractivity contribution in [2.24, 2.45) is 0 Å². The number of rotatable bonds is 2. The molecule has 0 bridgehead atoms. The molecule has 5 heteroatoms. The van der Waals surface area contributed by atoms with E-state index < -0.39 is 0 Å². The number of fused-ring (bicyclic) bond motifs is 1. The van der Waals surface area contributed by atoms with Crippen molar-refractivity contribution in [3.63, 3.8) is 0 Å². The summed E-state index contributed by atoms with van der Waals surface area (Å²) in [6.45, 7) is 1.98. The first-order valence-corrected chi connectivity index (χ1v) is 8.05. The SMILES string of the molecule is C/C=C/c1nn(SI)c2ccc(Cl)cc12. The molecule has 15 heavy (non-hydrogen) atoms. The van der Waals surface area contributed by atoms with Crippen molar-refractivity contribution >= 4 is 58.9 Å². The van der Waals surface area contributed by atoms with Gasteiger partial charge in [-0.25, -0.2) is 0 Å². The average Bonchev–Trinajstić information content (AvgIpc) is 2.57. The highest BCUT2D eigenvalue weighted by Gasteiger charge is 2.08. The first-order valence-electron chi connectivity index (χ1n) is 4.36. The molecule has 2 rings (SSSR count). The number of hydrogen-bond donors (Lipinski definition) is 0. The molecule has 0 amide bonds. The van der Waals surface area contributed by atoms with Crippen LogP contribution in [0.5, 0.6) is 0 Å². The van der Waals surface area contributed by atoms with Crippen LogP contribution in [0.3, 0.4) is 0 Å². The van der Waals surface area contributed by atoms with E-state index in [1.54, 1.807) is 9.12 Å². The molecular formula is C10H8ClIN2S. The minimum absolute atomic E-state index is 0.742. The van der Waals surface area contributed by atoms with E-state index in [1.807, 2.05) is 41.4 Å². The predicted octanol–water partition coefficient (Wildman–Crippen LogP) is 4.57. The summed E-state index contributed by atoms with van der Waals surface area (Å²) in [7, 11) is 1.55. The van der Waals surface area contributed by atoms with Gasteiger partial charge in [-0.1, -0.05) is 17.7 Å². The largest absolute Gasteiger partial charge is 0.195 e. The van der Waals surface area contributed by atoms with E-state index in [4.69, 9.17) is 11.6 Å². The molecule has 1 aromatic heterocycles. The molecule has 0 fully saturated rings. The Bertz CT molecular complexity index is 521. The highest BCUT2D eigenvalue weighted by atomic mass is 127. The topological polar surface area (TPSA) is 17.8 Å². The summed E-state index contributed by atoms with van der Waals surface area (Å²) in [6, 6.07) is 5.82. The van der Waals surface area contributed by atoms with Gasteiger partial charge in [-0.3, -0.25) is 0 Å². The smallest absolute Gasteiger partial charge is 0.0937 e. The van der Waals surface area contributed by atoms with Gasteiger partial charge in [0.15, 0.2) is 0 Å². The van der Waals surface area contributed by atoms with Crippen LogP contribution >= 0.6 is 41.9 Å². The molecule has 0 aliphatic carbocycles. The van der Waals surface area contributed by atoms with Crippen molar-refractivity contribution in [2.75, 3.05) is 0 Å². The van der Waals surface area contributed by atoms with Crippen molar-refractivity contribution in [3.05, 3.63) is 35.0 Å². The summed E-state index contributed by atoms with van der Waals surface area (Å²) in [5.74, 6) is 0. The first kappa shape index (κ1) is 11.3. The van der Waals surface area contributed by atoms with Crippen LogP contribution in [0, 0.1) is 0 Å². The Kier molecular flexibility index (Phi) is 3.58. The second-order valence-electron chi connectivity index (χ2n) is 2.99. The van der Waals surface area contributed by atoms with Crippen LogP contribution < -0.4 is 0 Å². The van der Waals surface area contributed by atoms with E-state index >= 15 is 0 Å². The lowest BCUT2D eigenvalue weighted by Gasteiger charge is -1.94. The number of aromatic nitrogens is 2. The number of allylic oxidation sites excluding steroid dienone is 1. The third kappa shape index (κ3) is 2.16. The van der Waals surface area contributed by atoms with Crippen LogP contribution in [0.4, 0.5) is 0 Å². The Balaban J connectivity index is 2.75. The maximum Gasteiger partial charge on any atom is 0.0937 e. The molecular weight excluding hydrogens is 343 g/mol. The van der Waals surface area contributed by atoms with E-state index in [0.717, 1.165) is 21.6 Å². The fraction of sp³-hybridized carbons (Fsp3) is 0.100. The molecule has 0 atom stereocenters. The third-order valence-electron chi connectivity index (χ3n) is 2.03. The van der Waals surface area contributed by atoms with Crippen molar-refractivity contribution in [1.29, 1.82) is 0 Å². The third-order valence-corrected chi connectivity index (χ3v) is 3.79. The van der Waals surface area contributed by atoms with Gasteiger partial charge >= 0.3 is 0 Å². The zero-order valence-corrected chi connectivity index (χ0v) is 11.7. The van der Waals surface area contributed by atoms with E-state index in [1.165, 1.54) is 0 Å². The molecule has 0 aliphatic rings. The van der Waals surface area contributed by atoms with E-state index in [0.29, 0.717) is 0 Å². The number of nitrogens with zero attached hydrogens (tertiary/aromatic N) is 2. The quantitative estimate of drug-likeness (QED) is 0.738. The number of halogens is 2. The number of hydrogen-bond acceptors (Lipinski definition) is 2. The minimum Gasteiger partial charge on any atom is -0.195 e. The molecule has 1 aromatic carbocycles. The summed E-state index contributed by atoms with van der Waals surface area (Å²) in [6.07, 6.45) is 3.97. The van der Waals surface area contributed by atoms with E-state index in [-0.39, 0.29) is 0 Å². The summed E-state index contributed by atoms with van der Waals surface area (Å²) in [5.41, 5.74) is 2.05. The Hall–Kier alpha value is -0.200. The first-order chi connectivity index (χ1) is 7.26. The Morgan fingerprint density at radius 3 is 3.00 bits per heavy atom. The molecule has 0 N–H and O–H groups in total. The van der Waals surface area contributed by atoms with Crippen molar-refractivity contribution in [2.45, 2.75) is 6.92 Å². The molecule has 1 heterocycles. The lowest BCUT2D eigenvalue weighted by molar-refractivity contribution is 1.04. The van der Waals surface area contributed by atoms with Gasteiger partial charge in [-0.05, 0) is 31.2 Å². The molecule has 0 saturated heterocycles. The van der Waals surface area contributed by atoms with Gasteiger partial charge in [0, 0.05) is 40.7 Å². The second kappa shape index (κ2) is 4.76. The van der Waals surface area contributed by atoms with Crippen LogP contribution in [0.15, 0.2) is 24.3 Å². The molecule has 0 unspecified atom stereocenters. The van der Waals surface area contributed by atoms with Gasteiger partial charge in [-0.2, -0.15) is 9.19 Å². The molecule has 0 radical (unpaired) electrons. The highest BCUT2D eigenvalue weighted by Crippen LogP contribution is 2.28. The predicted molar refractivity (Wildman–Crippen MR) is 76.5 cm³/mol. The van der Waals surface area contributed by atoms with Crippen molar-refractivity contribution in [1.82, 2.24) is 9.19 Å². The molecule has 0 aliphatic heterocycles. The standard InChI is InChI=1S/C10H8ClIN2S/c1-2-3-9-8-6-7(11)4-5-10(8)14(13-9)15-12/h2-6H,1H3/b3-2+. The van der Waals surface area contributed by atoms with Crippen molar-refractivity contribution < 1.29 is 0 Å². The monoisotopic (exact) mass is 350 g/mol. The van der Waals surface area contributed by atoms with Gasteiger partial charge in [-0.15, -0.1) is 0 Å². The molecule has 2 aromatic rings. The molecule has 78 valence electrons. The molecule has 2 nitrogen and oxygen atoms in total. The van der Waals surface area contributed by atoms with Crippen LogP contribution in [0.25, 0.3) is 17.0 Å². The van der Waals surface area contributed by atoms with Gasteiger partial charge in [0.2, 0.25) is 0 Å². The number of benzene rings is 1. The lowest BCUT2D eigenvalue weighted by Crippen LogP contribution is -1.83. The van der Waals surface area contributed by atoms with Crippen LogP contribution in [0.1, 0.15) is 12.6 Å². The zero-order chi connectivity index (χ0) is 10.8. The van der Waals surface area contributed by atoms with Gasteiger partial charge in [0.1, 0.15) is 0 Å². The summed E-state index contributed by atoms with van der Waals surface area (Å²) in [4.78, 5) is 0. The van der Waals surface area contributed by atoms with Crippen molar-refractivity contribution in [3.8, 4) is 0 Å². The highest BCUT2D eigenvalue weighted by molar-refractivity contribution is 14.2. The summed E-state index contributed by atoms with van der Waals surface area (Å²) < 4.78 is 1.89. The molecule has 0 saturated carbocycles. The second-order valence-corrected chi connectivity index (χ2v) is 5.09. The van der Waals surface area contributed by atoms with Crippen LogP contribution in [0.2, 0.25) is 5.02 Å². The zero-order valence-electron chi connectivity index (χ0n) is 7.95. The van der Waals surface area contributed by atoms with E-state index in [9.17, 15) is 0 Å². The molecule has 0 spiro atoms. The van der Waals surface area contributed by atoms with Gasteiger partial charge in [0.25, 0.3) is 0 Å². The van der Waals surface area contributed by atoms with E-state index in [2.05, 4.69) is 26.3 Å².